The molecule has 75 heavy (non-hydrogen) atoms. The van der Waals surface area contributed by atoms with Gasteiger partial charge in [0, 0.05) is 74.1 Å². The number of carbonyl (C=O) groups excluding carboxylic acids is 3. The van der Waals surface area contributed by atoms with Crippen LogP contribution >= 0.6 is 0 Å². The Morgan fingerprint density at radius 3 is 2.27 bits per heavy atom. The van der Waals surface area contributed by atoms with Crippen molar-refractivity contribution in [3.05, 3.63) is 153 Å². The Kier molecular flexibility index (Phi) is 20.4. The smallest absolute Gasteiger partial charge is 0.274 e. The highest BCUT2D eigenvalue weighted by molar-refractivity contribution is 7.83. The van der Waals surface area contributed by atoms with E-state index in [1.807, 2.05) is 80.0 Å². The summed E-state index contributed by atoms with van der Waals surface area (Å²) in [6.45, 7) is 26.6. The van der Waals surface area contributed by atoms with Crippen LogP contribution in [0.15, 0.2) is 102 Å². The molecule has 14 heteroatoms. The zero-order chi connectivity index (χ0) is 53.6. The topological polar surface area (TPSA) is 130 Å². The van der Waals surface area contributed by atoms with Crippen LogP contribution in [0.3, 0.4) is 0 Å². The first-order valence-electron chi connectivity index (χ1n) is 27.2. The molecule has 400 valence electrons. The van der Waals surface area contributed by atoms with Gasteiger partial charge in [0.2, 0.25) is 0 Å². The monoisotopic (exact) mass is 1040 g/mol. The third-order valence-corrected chi connectivity index (χ3v) is 15.5. The van der Waals surface area contributed by atoms with Gasteiger partial charge in [-0.05, 0) is 136 Å². The minimum Gasteiger partial charge on any atom is -0.492 e. The van der Waals surface area contributed by atoms with E-state index in [1.165, 1.54) is 16.7 Å². The fourth-order valence-corrected chi connectivity index (χ4v) is 10.9. The van der Waals surface area contributed by atoms with E-state index in [1.54, 1.807) is 28.9 Å². The Morgan fingerprint density at radius 1 is 0.800 bits per heavy atom. The summed E-state index contributed by atoms with van der Waals surface area (Å²) in [6.07, 6.45) is 4.56. The van der Waals surface area contributed by atoms with Crippen LogP contribution in [0, 0.1) is 27.7 Å². The molecule has 3 amide bonds. The molecule has 2 unspecified atom stereocenters. The molecule has 3 heterocycles. The van der Waals surface area contributed by atoms with Crippen molar-refractivity contribution in [1.29, 1.82) is 0 Å². The van der Waals surface area contributed by atoms with Crippen LogP contribution in [0.4, 0.5) is 0 Å². The summed E-state index contributed by atoms with van der Waals surface area (Å²) in [7, 11) is -1.96. The number of rotatable bonds is 21. The summed E-state index contributed by atoms with van der Waals surface area (Å²) in [5.74, 6) is -0.376. The Morgan fingerprint density at radius 2 is 1.55 bits per heavy atom. The lowest BCUT2D eigenvalue weighted by Gasteiger charge is -2.40. The number of nitrogens with zero attached hydrogens (tertiary/aromatic N) is 6. The van der Waals surface area contributed by atoms with Gasteiger partial charge in [-0.1, -0.05) is 102 Å². The first kappa shape index (κ1) is 56.5. The molecule has 0 spiro atoms. The Bertz CT molecular complexity index is 2940. The summed E-state index contributed by atoms with van der Waals surface area (Å²) < 4.78 is 30.6. The number of aryl methyl sites for hydroxylation is 2. The van der Waals surface area contributed by atoms with Gasteiger partial charge < -0.3 is 19.3 Å². The van der Waals surface area contributed by atoms with Crippen molar-refractivity contribution in [2.24, 2.45) is 0 Å². The van der Waals surface area contributed by atoms with Crippen LogP contribution in [0.1, 0.15) is 131 Å². The van der Waals surface area contributed by atoms with Crippen LogP contribution in [0.5, 0.6) is 5.75 Å². The maximum atomic E-state index is 15.6. The first-order chi connectivity index (χ1) is 36.4. The minimum atomic E-state index is -1.96. The lowest BCUT2D eigenvalue weighted by Crippen LogP contribution is -2.52. The zero-order valence-electron chi connectivity index (χ0n) is 45.9. The van der Waals surface area contributed by atoms with Gasteiger partial charge in [-0.25, -0.2) is 8.89 Å². The lowest BCUT2D eigenvalue weighted by molar-refractivity contribution is 0.0192. The Labute approximate surface area is 448 Å². The van der Waals surface area contributed by atoms with E-state index in [9.17, 15) is 13.8 Å². The predicted octanol–water partition coefficient (Wildman–Crippen LogP) is 10.6. The third-order valence-electron chi connectivity index (χ3n) is 14.5. The van der Waals surface area contributed by atoms with E-state index in [2.05, 4.69) is 79.5 Å². The van der Waals surface area contributed by atoms with E-state index < -0.39 is 16.9 Å². The van der Waals surface area contributed by atoms with Gasteiger partial charge in [0.05, 0.1) is 29.4 Å². The SMILES string of the molecule is CC.CCCCN(Cc1ccc(C)c(C)c1)C(=O)c1nn(-c2ccc(C(=O)NS(=O)c3ccc4cccc(OCCN(CCC)CCC)c4c3)cc2C(=O)N2Cc3ccccc3CC2CN2CCOCC2)c(C)c1C. The van der Waals surface area contributed by atoms with Gasteiger partial charge in [-0.3, -0.25) is 28.9 Å². The second kappa shape index (κ2) is 27.0. The molecule has 1 N–H and O–H groups in total. The molecular formula is C61H79N7O6S. The van der Waals surface area contributed by atoms with Crippen molar-refractivity contribution < 1.29 is 28.1 Å². The van der Waals surface area contributed by atoms with Crippen LogP contribution in [-0.4, -0.2) is 123 Å². The Hall–Kier alpha value is -6.19. The number of ether oxygens (including phenoxy) is 2. The molecular weight excluding hydrogens is 959 g/mol. The molecule has 2 atom stereocenters. The van der Waals surface area contributed by atoms with Crippen molar-refractivity contribution in [3.63, 3.8) is 0 Å². The van der Waals surface area contributed by atoms with Crippen LogP contribution in [0.2, 0.25) is 0 Å². The van der Waals surface area contributed by atoms with Gasteiger partial charge in [-0.15, -0.1) is 0 Å². The number of fused-ring (bicyclic) bond motifs is 2. The highest BCUT2D eigenvalue weighted by Crippen LogP contribution is 2.31. The third kappa shape index (κ3) is 13.8. The van der Waals surface area contributed by atoms with Crippen molar-refractivity contribution in [1.82, 2.24) is 34.1 Å². The summed E-state index contributed by atoms with van der Waals surface area (Å²) in [6, 6.07) is 30.6. The summed E-state index contributed by atoms with van der Waals surface area (Å²) in [4.78, 5) is 53.6. The number of amides is 3. The Balaban J connectivity index is 0.00000405. The quantitative estimate of drug-likeness (QED) is 0.0749. The van der Waals surface area contributed by atoms with E-state index in [0.29, 0.717) is 85.7 Å². The minimum absolute atomic E-state index is 0.160. The molecule has 2 aliphatic heterocycles. The van der Waals surface area contributed by atoms with Gasteiger partial charge in [0.15, 0.2) is 16.7 Å². The van der Waals surface area contributed by atoms with E-state index >= 15 is 4.79 Å². The molecule has 8 rings (SSSR count). The maximum Gasteiger partial charge on any atom is 0.274 e. The highest BCUT2D eigenvalue weighted by atomic mass is 32.2. The molecule has 1 aromatic heterocycles. The number of nitrogens with one attached hydrogen (secondary N) is 1. The fraction of sp³-hybridized carbons (Fsp3) is 0.443. The van der Waals surface area contributed by atoms with E-state index in [-0.39, 0.29) is 29.0 Å². The van der Waals surface area contributed by atoms with Crippen molar-refractivity contribution in [2.45, 2.75) is 118 Å². The number of unbranched alkanes of at least 4 members (excludes halogenated alkanes) is 1. The van der Waals surface area contributed by atoms with Gasteiger partial charge >= 0.3 is 0 Å². The number of hydrogen-bond acceptors (Lipinski definition) is 9. The lowest BCUT2D eigenvalue weighted by atomic mass is 9.92. The van der Waals surface area contributed by atoms with Crippen molar-refractivity contribution >= 4 is 39.5 Å². The van der Waals surface area contributed by atoms with Crippen molar-refractivity contribution in [3.8, 4) is 11.4 Å². The van der Waals surface area contributed by atoms with Crippen molar-refractivity contribution in [2.75, 3.05) is 65.6 Å². The van der Waals surface area contributed by atoms with Gasteiger partial charge in [0.25, 0.3) is 17.7 Å². The molecule has 2 aliphatic rings. The van der Waals surface area contributed by atoms with Crippen LogP contribution in [0.25, 0.3) is 16.5 Å². The molecule has 13 nitrogen and oxygen atoms in total. The molecule has 5 aromatic carbocycles. The molecule has 6 aromatic rings. The molecule has 1 saturated heterocycles. The molecule has 0 radical (unpaired) electrons. The number of hydrogen-bond donors (Lipinski definition) is 1. The second-order valence-corrected chi connectivity index (χ2v) is 20.9. The van der Waals surface area contributed by atoms with Gasteiger partial charge in [0.1, 0.15) is 12.4 Å². The summed E-state index contributed by atoms with van der Waals surface area (Å²) >= 11 is 0. The first-order valence-corrected chi connectivity index (χ1v) is 28.4. The average molecular weight is 1040 g/mol. The number of benzene rings is 5. The molecule has 0 bridgehead atoms. The second-order valence-electron chi connectivity index (χ2n) is 19.7. The van der Waals surface area contributed by atoms with E-state index in [0.717, 1.165) is 80.3 Å². The summed E-state index contributed by atoms with van der Waals surface area (Å²) in [5, 5.41) is 6.76. The number of aromatic nitrogens is 2. The summed E-state index contributed by atoms with van der Waals surface area (Å²) in [5.41, 5.74) is 8.24. The van der Waals surface area contributed by atoms with Crippen LogP contribution < -0.4 is 9.46 Å². The molecule has 0 aliphatic carbocycles. The predicted molar refractivity (Wildman–Crippen MR) is 301 cm³/mol. The fourth-order valence-electron chi connectivity index (χ4n) is 10.1. The maximum absolute atomic E-state index is 15.6. The van der Waals surface area contributed by atoms with E-state index in [4.69, 9.17) is 14.6 Å². The number of morpholine rings is 1. The average Bonchev–Trinajstić information content (AvgIpc) is 3.73. The number of carbonyl (C=O) groups is 3. The zero-order valence-corrected chi connectivity index (χ0v) is 46.7. The van der Waals surface area contributed by atoms with Crippen LogP contribution in [-0.2, 0) is 35.2 Å². The standard InChI is InChI=1S/C59H73N7O6S.C2H6/c1-8-11-27-64(38-45-20-19-41(4)42(5)34-45)59(69)56-43(6)44(7)66(60-56)54-24-22-48(36-53(54)58(68)65-39-49-16-13-12-15-47(49)35-50(65)40-63-28-31-71-32-29-63)57(67)61-73(70)51-23-21-46-17-14-18-55(52(46)37-51)72-33-30-62(25-9-2)26-10-3;1-2/h12-24,34,36-37,50H,8-11,25-33,35,38-40H2,1-7H3,(H,61,67);1-2H3. The molecule has 0 saturated carbocycles. The molecule has 1 fully saturated rings. The highest BCUT2D eigenvalue weighted by Gasteiger charge is 2.35. The largest absolute Gasteiger partial charge is 0.492 e. The van der Waals surface area contributed by atoms with Gasteiger partial charge in [-0.2, -0.15) is 5.10 Å². The normalized spacial score (nSPS) is 15.0.